The summed E-state index contributed by atoms with van der Waals surface area (Å²) in [6.07, 6.45) is 5.77. The van der Waals surface area contributed by atoms with E-state index in [9.17, 15) is 4.79 Å². The molecule has 2 aliphatic heterocycles. The van der Waals surface area contributed by atoms with E-state index in [2.05, 4.69) is 61.6 Å². The Morgan fingerprint density at radius 2 is 1.83 bits per heavy atom. The predicted molar refractivity (Wildman–Crippen MR) is 118 cm³/mol. The smallest absolute Gasteiger partial charge is 0.248 e. The van der Waals surface area contributed by atoms with Crippen LogP contribution in [0.3, 0.4) is 0 Å². The molecule has 0 atom stereocenters. The van der Waals surface area contributed by atoms with E-state index in [0.29, 0.717) is 0 Å². The number of nitrogens with one attached hydrogen (secondary N) is 3. The maximum Gasteiger partial charge on any atom is 0.248 e. The maximum atomic E-state index is 11.3. The van der Waals surface area contributed by atoms with Crippen molar-refractivity contribution < 1.29 is 4.74 Å². The van der Waals surface area contributed by atoms with Crippen LogP contribution in [0.5, 0.6) is 0 Å². The lowest BCUT2D eigenvalue weighted by Gasteiger charge is -2.28. The summed E-state index contributed by atoms with van der Waals surface area (Å²) in [5.41, 5.74) is 6.47. The molecule has 0 bridgehead atoms. The Labute approximate surface area is 175 Å². The third kappa shape index (κ3) is 4.03. The van der Waals surface area contributed by atoms with Crippen molar-refractivity contribution in [3.63, 3.8) is 0 Å². The third-order valence-corrected chi connectivity index (χ3v) is 5.58. The van der Waals surface area contributed by atoms with Crippen LogP contribution < -0.4 is 15.8 Å². The first-order valence-electron chi connectivity index (χ1n) is 10.2. The molecule has 1 saturated heterocycles. The highest BCUT2D eigenvalue weighted by molar-refractivity contribution is 5.81. The lowest BCUT2D eigenvalue weighted by molar-refractivity contribution is 0.0342. The molecule has 1 aromatic carbocycles. The number of nitrogens with zero attached hydrogens (tertiary/aromatic N) is 2. The molecule has 0 aliphatic carbocycles. The number of fused-ring (bicyclic) bond motifs is 1. The van der Waals surface area contributed by atoms with Gasteiger partial charge in [0.25, 0.3) is 0 Å². The van der Waals surface area contributed by atoms with Gasteiger partial charge in [0.1, 0.15) is 0 Å². The van der Waals surface area contributed by atoms with Crippen molar-refractivity contribution in [3.8, 4) is 0 Å². The minimum atomic E-state index is -0.112. The molecular formula is C23H25N5O2. The topological polar surface area (TPSA) is 76.4 Å². The Hall–Kier alpha value is -3.29. The summed E-state index contributed by atoms with van der Waals surface area (Å²) in [5, 5.41) is 3.43. The van der Waals surface area contributed by atoms with Gasteiger partial charge in [-0.15, -0.1) is 0 Å². The molecular weight excluding hydrogens is 378 g/mol. The first-order chi connectivity index (χ1) is 14.7. The number of hydrogen-bond acceptors (Lipinski definition) is 5. The molecule has 0 spiro atoms. The molecule has 154 valence electrons. The van der Waals surface area contributed by atoms with Crippen molar-refractivity contribution in [2.45, 2.75) is 13.1 Å². The molecule has 1 fully saturated rings. The molecule has 3 N–H and O–H groups in total. The number of morpholine rings is 1. The van der Waals surface area contributed by atoms with Gasteiger partial charge in [0.05, 0.1) is 31.1 Å². The molecule has 30 heavy (non-hydrogen) atoms. The van der Waals surface area contributed by atoms with E-state index in [1.807, 2.05) is 6.20 Å². The molecule has 7 nitrogen and oxygen atoms in total. The van der Waals surface area contributed by atoms with Gasteiger partial charge in [0, 0.05) is 61.2 Å². The summed E-state index contributed by atoms with van der Waals surface area (Å²) in [7, 11) is 0. The molecule has 5 rings (SSSR count). The summed E-state index contributed by atoms with van der Waals surface area (Å²) < 4.78 is 5.44. The highest BCUT2D eigenvalue weighted by atomic mass is 16.5. The zero-order chi connectivity index (χ0) is 20.3. The number of aromatic nitrogens is 2. The van der Waals surface area contributed by atoms with Crippen LogP contribution in [0.4, 0.5) is 11.4 Å². The van der Waals surface area contributed by atoms with Crippen LogP contribution in [-0.4, -0.2) is 41.2 Å². The van der Waals surface area contributed by atoms with Crippen molar-refractivity contribution in [1.29, 1.82) is 0 Å². The average Bonchev–Trinajstić information content (AvgIpc) is 3.26. The Kier molecular flexibility index (Phi) is 5.13. The highest BCUT2D eigenvalue weighted by Crippen LogP contribution is 2.30. The Morgan fingerprint density at radius 1 is 1.00 bits per heavy atom. The third-order valence-electron chi connectivity index (χ3n) is 5.58. The minimum Gasteiger partial charge on any atom is -0.379 e. The van der Waals surface area contributed by atoms with Crippen LogP contribution in [0.25, 0.3) is 5.70 Å². The second-order valence-corrected chi connectivity index (χ2v) is 7.66. The van der Waals surface area contributed by atoms with E-state index in [4.69, 9.17) is 4.74 Å². The molecule has 3 aromatic rings. The van der Waals surface area contributed by atoms with Crippen molar-refractivity contribution in [2.24, 2.45) is 0 Å². The summed E-state index contributed by atoms with van der Waals surface area (Å²) in [5.74, 6) is 0. The Balaban J connectivity index is 1.35. The van der Waals surface area contributed by atoms with E-state index < -0.39 is 0 Å². The second-order valence-electron chi connectivity index (χ2n) is 7.66. The lowest BCUT2D eigenvalue weighted by Crippen LogP contribution is -2.35. The Bertz CT molecular complexity index is 1070. The van der Waals surface area contributed by atoms with Gasteiger partial charge in [-0.05, 0) is 29.8 Å². The minimum absolute atomic E-state index is 0.112. The zero-order valence-corrected chi connectivity index (χ0v) is 16.7. The van der Waals surface area contributed by atoms with Crippen molar-refractivity contribution in [3.05, 3.63) is 88.2 Å². The fraction of sp³-hybridized carbons (Fsp3) is 0.261. The van der Waals surface area contributed by atoms with Gasteiger partial charge in [-0.1, -0.05) is 12.1 Å². The molecule has 4 heterocycles. The number of ether oxygens (including phenoxy) is 1. The van der Waals surface area contributed by atoms with Crippen molar-refractivity contribution in [2.75, 3.05) is 36.5 Å². The van der Waals surface area contributed by atoms with Crippen LogP contribution in [0.1, 0.15) is 16.8 Å². The normalized spacial score (nSPS) is 16.8. The van der Waals surface area contributed by atoms with Crippen molar-refractivity contribution in [1.82, 2.24) is 14.9 Å². The SMILES string of the molecule is O=c1ccc(NC2=CN(c3ccc(CN4CCOCC4)cc3)Cc3[nH]ccc32)c[nH]1. The maximum absolute atomic E-state index is 11.3. The molecule has 2 aromatic heterocycles. The molecule has 0 unspecified atom stereocenters. The van der Waals surface area contributed by atoms with E-state index in [0.717, 1.165) is 67.7 Å². The number of pyridine rings is 1. The van der Waals surface area contributed by atoms with Gasteiger partial charge in [-0.25, -0.2) is 0 Å². The quantitative estimate of drug-likeness (QED) is 0.611. The number of rotatable bonds is 5. The van der Waals surface area contributed by atoms with E-state index in [-0.39, 0.29) is 5.56 Å². The predicted octanol–water partition coefficient (Wildman–Crippen LogP) is 2.97. The van der Waals surface area contributed by atoms with Crippen molar-refractivity contribution >= 4 is 17.1 Å². The van der Waals surface area contributed by atoms with Gasteiger partial charge in [-0.3, -0.25) is 9.69 Å². The summed E-state index contributed by atoms with van der Waals surface area (Å²) >= 11 is 0. The van der Waals surface area contributed by atoms with E-state index in [1.165, 1.54) is 11.6 Å². The molecule has 0 radical (unpaired) electrons. The lowest BCUT2D eigenvalue weighted by atomic mass is 10.1. The average molecular weight is 403 g/mol. The van der Waals surface area contributed by atoms with E-state index >= 15 is 0 Å². The number of aromatic amines is 2. The standard InChI is InChI=1S/C23H25N5O2/c29-23-6-3-18(13-25-23)26-22-16-28(15-21-20(22)7-8-24-21)19-4-1-17(2-5-19)14-27-9-11-30-12-10-27/h1-8,13,16,24,26H,9-12,14-15H2,(H,25,29). The number of anilines is 2. The van der Waals surface area contributed by atoms with Crippen LogP contribution >= 0.6 is 0 Å². The molecule has 2 aliphatic rings. The fourth-order valence-electron chi connectivity index (χ4n) is 3.95. The zero-order valence-electron chi connectivity index (χ0n) is 16.7. The van der Waals surface area contributed by atoms with Crippen LogP contribution in [0.15, 0.2) is 65.9 Å². The first-order valence-corrected chi connectivity index (χ1v) is 10.2. The van der Waals surface area contributed by atoms with Crippen LogP contribution in [0.2, 0.25) is 0 Å². The van der Waals surface area contributed by atoms with E-state index in [1.54, 1.807) is 12.3 Å². The van der Waals surface area contributed by atoms with Crippen LogP contribution in [-0.2, 0) is 17.8 Å². The fourth-order valence-corrected chi connectivity index (χ4v) is 3.95. The van der Waals surface area contributed by atoms with Gasteiger partial charge >= 0.3 is 0 Å². The van der Waals surface area contributed by atoms with Gasteiger partial charge in [0.15, 0.2) is 0 Å². The summed E-state index contributed by atoms with van der Waals surface area (Å²) in [4.78, 5) is 22.1. The highest BCUT2D eigenvalue weighted by Gasteiger charge is 2.20. The monoisotopic (exact) mass is 403 g/mol. The largest absolute Gasteiger partial charge is 0.379 e. The van der Waals surface area contributed by atoms with Gasteiger partial charge < -0.3 is 24.9 Å². The molecule has 0 saturated carbocycles. The second kappa shape index (κ2) is 8.22. The van der Waals surface area contributed by atoms with Crippen LogP contribution in [0, 0.1) is 0 Å². The van der Waals surface area contributed by atoms with Gasteiger partial charge in [0.2, 0.25) is 5.56 Å². The molecule has 0 amide bonds. The Morgan fingerprint density at radius 3 is 2.60 bits per heavy atom. The summed E-state index contributed by atoms with van der Waals surface area (Å²) in [6.45, 7) is 5.36. The molecule has 7 heteroatoms. The summed E-state index contributed by atoms with van der Waals surface area (Å²) in [6, 6.07) is 14.1. The number of benzene rings is 1. The first kappa shape index (κ1) is 18.7. The number of hydrogen-bond donors (Lipinski definition) is 3. The van der Waals surface area contributed by atoms with Gasteiger partial charge in [-0.2, -0.15) is 0 Å². The number of H-pyrrole nitrogens is 2.